The third kappa shape index (κ3) is 4.36. The molecular formula is C27H30ClFN6. The van der Waals surface area contributed by atoms with Gasteiger partial charge in [0.15, 0.2) is 5.65 Å². The highest BCUT2D eigenvalue weighted by atomic mass is 35.5. The number of benzene rings is 2. The van der Waals surface area contributed by atoms with Crippen LogP contribution < -0.4 is 4.90 Å². The predicted molar refractivity (Wildman–Crippen MR) is 138 cm³/mol. The molecule has 3 heterocycles. The molecule has 2 fully saturated rings. The first-order valence-electron chi connectivity index (χ1n) is 12.6. The minimum absolute atomic E-state index is 0.182. The summed E-state index contributed by atoms with van der Waals surface area (Å²) in [4.78, 5) is 9.90. The quantitative estimate of drug-likeness (QED) is 0.359. The van der Waals surface area contributed by atoms with Crippen LogP contribution in [-0.4, -0.2) is 50.2 Å². The zero-order chi connectivity index (χ0) is 23.9. The molecule has 1 saturated heterocycles. The van der Waals surface area contributed by atoms with Gasteiger partial charge in [0, 0.05) is 48.5 Å². The Morgan fingerprint density at radius 2 is 1.89 bits per heavy atom. The molecule has 182 valence electrons. The van der Waals surface area contributed by atoms with Crippen LogP contribution in [-0.2, 0) is 6.54 Å². The lowest BCUT2D eigenvalue weighted by Crippen LogP contribution is -2.52. The minimum Gasteiger partial charge on any atom is -0.339 e. The first kappa shape index (κ1) is 22.7. The van der Waals surface area contributed by atoms with Crippen molar-refractivity contribution >= 4 is 34.1 Å². The summed E-state index contributed by atoms with van der Waals surface area (Å²) in [5.41, 5.74) is 2.71. The van der Waals surface area contributed by atoms with Crippen LogP contribution in [0.25, 0.3) is 16.6 Å². The van der Waals surface area contributed by atoms with E-state index in [0.717, 1.165) is 72.9 Å². The smallest absolute Gasteiger partial charge is 0.213 e. The number of fused-ring (bicyclic) bond motifs is 3. The molecule has 0 bridgehead atoms. The Morgan fingerprint density at radius 1 is 1.03 bits per heavy atom. The summed E-state index contributed by atoms with van der Waals surface area (Å²) in [5, 5.41) is 11.0. The zero-order valence-electron chi connectivity index (χ0n) is 20.0. The Hall–Kier alpha value is -2.77. The maximum atomic E-state index is 13.7. The van der Waals surface area contributed by atoms with E-state index in [1.165, 1.54) is 25.3 Å². The zero-order valence-corrected chi connectivity index (χ0v) is 20.8. The van der Waals surface area contributed by atoms with E-state index < -0.39 is 0 Å². The Labute approximate surface area is 209 Å². The molecular weight excluding hydrogens is 463 g/mol. The fraction of sp³-hybridized carbons (Fsp3) is 0.444. The highest BCUT2D eigenvalue weighted by Crippen LogP contribution is 2.35. The van der Waals surface area contributed by atoms with Gasteiger partial charge in [0.05, 0.1) is 5.52 Å². The molecule has 2 aliphatic rings. The van der Waals surface area contributed by atoms with E-state index >= 15 is 0 Å². The molecule has 0 amide bonds. The number of aromatic nitrogens is 4. The van der Waals surface area contributed by atoms with Crippen LogP contribution in [0, 0.1) is 5.82 Å². The summed E-state index contributed by atoms with van der Waals surface area (Å²) >= 11 is 6.34. The van der Waals surface area contributed by atoms with Gasteiger partial charge < -0.3 is 4.90 Å². The fourth-order valence-corrected chi connectivity index (χ4v) is 5.90. The molecule has 2 aromatic heterocycles. The van der Waals surface area contributed by atoms with E-state index in [1.54, 1.807) is 12.1 Å². The molecule has 8 heteroatoms. The number of hydrogen-bond donors (Lipinski definition) is 0. The molecule has 6 nitrogen and oxygen atoms in total. The summed E-state index contributed by atoms with van der Waals surface area (Å²) in [6.07, 6.45) is 6.07. The van der Waals surface area contributed by atoms with E-state index in [1.807, 2.05) is 24.3 Å². The normalized spacial score (nSPS) is 20.2. The van der Waals surface area contributed by atoms with E-state index in [0.29, 0.717) is 10.9 Å². The second-order valence-corrected chi connectivity index (χ2v) is 10.5. The van der Waals surface area contributed by atoms with Crippen molar-refractivity contribution in [3.05, 3.63) is 64.7 Å². The van der Waals surface area contributed by atoms with E-state index in [9.17, 15) is 4.39 Å². The van der Waals surface area contributed by atoms with Crippen molar-refractivity contribution < 1.29 is 4.39 Å². The topological polar surface area (TPSA) is 49.6 Å². The number of piperazine rings is 1. The van der Waals surface area contributed by atoms with Gasteiger partial charge in [-0.2, -0.15) is 0 Å². The second kappa shape index (κ2) is 9.36. The summed E-state index contributed by atoms with van der Waals surface area (Å²) in [7, 11) is 0. The summed E-state index contributed by atoms with van der Waals surface area (Å²) in [6.45, 7) is 5.49. The molecule has 1 unspecified atom stereocenters. The molecule has 1 aliphatic heterocycles. The Balaban J connectivity index is 1.37. The standard InChI is InChI=1S/C27H30ClFN6/c1-18-16-34(13-12-33(18)17-19-6-5-9-22(29)14-19)27-30-24-15-21(28)10-11-23(24)26-32-31-25(35(26)27)20-7-3-2-4-8-20/h5-6,9-11,14-15,18,20H,2-4,7-8,12-13,16-17H2,1H3. The highest BCUT2D eigenvalue weighted by Gasteiger charge is 2.30. The molecule has 0 radical (unpaired) electrons. The molecule has 0 N–H and O–H groups in total. The molecule has 2 aromatic carbocycles. The SMILES string of the molecule is CC1CN(c2nc3cc(Cl)ccc3c3nnc(C4CCCCC4)n23)CCN1Cc1cccc(F)c1. The minimum atomic E-state index is -0.182. The molecule has 35 heavy (non-hydrogen) atoms. The van der Waals surface area contributed by atoms with E-state index in [-0.39, 0.29) is 11.9 Å². The maximum absolute atomic E-state index is 13.7. The number of rotatable bonds is 4. The van der Waals surface area contributed by atoms with Crippen LogP contribution in [0.2, 0.25) is 5.02 Å². The van der Waals surface area contributed by atoms with Crippen LogP contribution in [0.3, 0.4) is 0 Å². The first-order valence-corrected chi connectivity index (χ1v) is 13.0. The third-order valence-electron chi connectivity index (χ3n) is 7.60. The highest BCUT2D eigenvalue weighted by molar-refractivity contribution is 6.31. The van der Waals surface area contributed by atoms with Crippen molar-refractivity contribution in [2.45, 2.75) is 57.5 Å². The van der Waals surface area contributed by atoms with Crippen LogP contribution in [0.4, 0.5) is 10.3 Å². The van der Waals surface area contributed by atoms with Gasteiger partial charge in [-0.15, -0.1) is 10.2 Å². The van der Waals surface area contributed by atoms with Crippen molar-refractivity contribution in [3.63, 3.8) is 0 Å². The average molecular weight is 493 g/mol. The Kier molecular flexibility index (Phi) is 6.06. The monoisotopic (exact) mass is 492 g/mol. The summed E-state index contributed by atoms with van der Waals surface area (Å²) in [5.74, 6) is 2.17. The largest absolute Gasteiger partial charge is 0.339 e. The molecule has 0 spiro atoms. The average Bonchev–Trinajstić information content (AvgIpc) is 3.31. The van der Waals surface area contributed by atoms with Gasteiger partial charge >= 0.3 is 0 Å². The number of hydrogen-bond acceptors (Lipinski definition) is 5. The lowest BCUT2D eigenvalue weighted by Gasteiger charge is -2.40. The lowest BCUT2D eigenvalue weighted by molar-refractivity contribution is 0.179. The van der Waals surface area contributed by atoms with E-state index in [2.05, 4.69) is 26.2 Å². The second-order valence-electron chi connectivity index (χ2n) is 10.0. The molecule has 1 aliphatic carbocycles. The maximum Gasteiger partial charge on any atom is 0.213 e. The van der Waals surface area contributed by atoms with Crippen molar-refractivity contribution in [1.29, 1.82) is 0 Å². The van der Waals surface area contributed by atoms with Crippen molar-refractivity contribution in [3.8, 4) is 0 Å². The summed E-state index contributed by atoms with van der Waals surface area (Å²) < 4.78 is 15.9. The number of halogens is 2. The van der Waals surface area contributed by atoms with Gasteiger partial charge in [-0.05, 0) is 55.7 Å². The molecule has 1 atom stereocenters. The van der Waals surface area contributed by atoms with Crippen LogP contribution in [0.5, 0.6) is 0 Å². The number of nitrogens with zero attached hydrogens (tertiary/aromatic N) is 6. The van der Waals surface area contributed by atoms with Crippen LogP contribution in [0.15, 0.2) is 42.5 Å². The van der Waals surface area contributed by atoms with Crippen molar-refractivity contribution in [2.24, 2.45) is 0 Å². The van der Waals surface area contributed by atoms with Gasteiger partial charge in [0.2, 0.25) is 5.95 Å². The van der Waals surface area contributed by atoms with Crippen LogP contribution >= 0.6 is 11.6 Å². The van der Waals surface area contributed by atoms with Gasteiger partial charge in [-0.3, -0.25) is 4.90 Å². The first-order chi connectivity index (χ1) is 17.1. The van der Waals surface area contributed by atoms with Crippen molar-refractivity contribution in [1.82, 2.24) is 24.5 Å². The van der Waals surface area contributed by atoms with Gasteiger partial charge in [0.25, 0.3) is 0 Å². The Morgan fingerprint density at radius 3 is 2.69 bits per heavy atom. The fourth-order valence-electron chi connectivity index (χ4n) is 5.73. The molecule has 6 rings (SSSR count). The lowest BCUT2D eigenvalue weighted by atomic mass is 9.89. The number of anilines is 1. The van der Waals surface area contributed by atoms with Gasteiger partial charge in [-0.1, -0.05) is 43.0 Å². The Bertz CT molecular complexity index is 1360. The van der Waals surface area contributed by atoms with Crippen LogP contribution in [0.1, 0.15) is 56.3 Å². The molecule has 4 aromatic rings. The third-order valence-corrected chi connectivity index (χ3v) is 7.84. The predicted octanol–water partition coefficient (Wildman–Crippen LogP) is 5.83. The molecule has 1 saturated carbocycles. The van der Waals surface area contributed by atoms with Gasteiger partial charge in [0.1, 0.15) is 11.6 Å². The van der Waals surface area contributed by atoms with E-state index in [4.69, 9.17) is 21.7 Å². The van der Waals surface area contributed by atoms with Gasteiger partial charge in [-0.25, -0.2) is 13.8 Å². The van der Waals surface area contributed by atoms with Crippen molar-refractivity contribution in [2.75, 3.05) is 24.5 Å². The summed E-state index contributed by atoms with van der Waals surface area (Å²) in [6, 6.07) is 13.0.